The Balaban J connectivity index is 2.18. The Morgan fingerprint density at radius 2 is 1.85 bits per heavy atom. The van der Waals surface area contributed by atoms with Crippen molar-refractivity contribution in [2.45, 2.75) is 19.4 Å². The lowest BCUT2D eigenvalue weighted by Gasteiger charge is -2.16. The third-order valence-corrected chi connectivity index (χ3v) is 3.74. The highest BCUT2D eigenvalue weighted by atomic mass is 35.5. The number of nitrogens with two attached hydrogens (primary N) is 1. The largest absolute Gasteiger partial charge is 0.384 e. The molecule has 0 spiro atoms. The van der Waals surface area contributed by atoms with Gasteiger partial charge in [-0.3, -0.25) is 0 Å². The Bertz CT molecular complexity index is 566. The maximum absolute atomic E-state index is 6.35. The average molecular weight is 290 g/mol. The fraction of sp³-hybridized carbons (Fsp3) is 0.294. The van der Waals surface area contributed by atoms with Gasteiger partial charge < -0.3 is 10.5 Å². The fourth-order valence-electron chi connectivity index (χ4n) is 2.28. The van der Waals surface area contributed by atoms with Gasteiger partial charge in [0.1, 0.15) is 0 Å². The molecule has 2 N–H and O–H groups in total. The van der Waals surface area contributed by atoms with Crippen LogP contribution in [0.2, 0.25) is 5.02 Å². The lowest BCUT2D eigenvalue weighted by atomic mass is 9.95. The SMILES string of the molecule is COCCc1ccc(C(N)c2ccc(Cl)cc2C)cc1. The molecule has 2 rings (SSSR count). The van der Waals surface area contributed by atoms with E-state index < -0.39 is 0 Å². The molecular formula is C17H20ClNO. The van der Waals surface area contributed by atoms with Gasteiger partial charge in [0.2, 0.25) is 0 Å². The minimum atomic E-state index is -0.122. The Morgan fingerprint density at radius 3 is 2.45 bits per heavy atom. The van der Waals surface area contributed by atoms with Gasteiger partial charge in [-0.1, -0.05) is 41.9 Å². The lowest BCUT2D eigenvalue weighted by Crippen LogP contribution is -2.13. The van der Waals surface area contributed by atoms with Crippen LogP contribution in [0.4, 0.5) is 0 Å². The van der Waals surface area contributed by atoms with Crippen molar-refractivity contribution in [1.29, 1.82) is 0 Å². The molecule has 3 heteroatoms. The number of hydrogen-bond acceptors (Lipinski definition) is 2. The van der Waals surface area contributed by atoms with Crippen molar-refractivity contribution in [3.63, 3.8) is 0 Å². The first kappa shape index (κ1) is 15.0. The van der Waals surface area contributed by atoms with Crippen LogP contribution in [-0.2, 0) is 11.2 Å². The van der Waals surface area contributed by atoms with E-state index in [1.165, 1.54) is 5.56 Å². The molecule has 1 unspecified atom stereocenters. The van der Waals surface area contributed by atoms with Crippen LogP contribution in [0.1, 0.15) is 28.3 Å². The molecule has 0 fully saturated rings. The molecular weight excluding hydrogens is 270 g/mol. The van der Waals surface area contributed by atoms with Gasteiger partial charge in [0.25, 0.3) is 0 Å². The molecule has 0 aliphatic carbocycles. The molecule has 2 nitrogen and oxygen atoms in total. The molecule has 2 aromatic rings. The van der Waals surface area contributed by atoms with Gasteiger partial charge in [-0.2, -0.15) is 0 Å². The molecule has 0 aromatic heterocycles. The molecule has 0 aliphatic rings. The molecule has 0 heterocycles. The predicted octanol–water partition coefficient (Wildman–Crippen LogP) is 3.89. The zero-order valence-electron chi connectivity index (χ0n) is 11.9. The zero-order valence-corrected chi connectivity index (χ0v) is 12.7. The third-order valence-electron chi connectivity index (χ3n) is 3.50. The number of aryl methyl sites for hydroxylation is 1. The lowest BCUT2D eigenvalue weighted by molar-refractivity contribution is 0.202. The topological polar surface area (TPSA) is 35.2 Å². The van der Waals surface area contributed by atoms with Crippen LogP contribution >= 0.6 is 11.6 Å². The molecule has 2 aromatic carbocycles. The van der Waals surface area contributed by atoms with Crippen molar-refractivity contribution in [3.8, 4) is 0 Å². The van der Waals surface area contributed by atoms with Crippen LogP contribution in [0.5, 0.6) is 0 Å². The highest BCUT2D eigenvalue weighted by molar-refractivity contribution is 6.30. The Kier molecular flexibility index (Phi) is 5.18. The van der Waals surface area contributed by atoms with E-state index in [1.807, 2.05) is 25.1 Å². The zero-order chi connectivity index (χ0) is 14.5. The van der Waals surface area contributed by atoms with E-state index in [0.29, 0.717) is 0 Å². The second-order valence-corrected chi connectivity index (χ2v) is 5.40. The summed E-state index contributed by atoms with van der Waals surface area (Å²) >= 11 is 5.98. The summed E-state index contributed by atoms with van der Waals surface area (Å²) in [5.74, 6) is 0. The molecule has 106 valence electrons. The average Bonchev–Trinajstić information content (AvgIpc) is 2.45. The normalized spacial score (nSPS) is 12.4. The fourth-order valence-corrected chi connectivity index (χ4v) is 2.51. The first-order valence-corrected chi connectivity index (χ1v) is 7.09. The summed E-state index contributed by atoms with van der Waals surface area (Å²) in [6, 6.07) is 14.1. The molecule has 0 amide bonds. The highest BCUT2D eigenvalue weighted by Gasteiger charge is 2.11. The number of hydrogen-bond donors (Lipinski definition) is 1. The molecule has 0 saturated heterocycles. The summed E-state index contributed by atoms with van der Waals surface area (Å²) < 4.78 is 5.08. The van der Waals surface area contributed by atoms with Crippen LogP contribution in [-0.4, -0.2) is 13.7 Å². The van der Waals surface area contributed by atoms with E-state index in [0.717, 1.165) is 34.7 Å². The second kappa shape index (κ2) is 6.89. The second-order valence-electron chi connectivity index (χ2n) is 4.96. The van der Waals surface area contributed by atoms with Crippen LogP contribution in [0.15, 0.2) is 42.5 Å². The molecule has 1 atom stereocenters. The van der Waals surface area contributed by atoms with Gasteiger partial charge in [0.15, 0.2) is 0 Å². The van der Waals surface area contributed by atoms with E-state index in [-0.39, 0.29) is 6.04 Å². The summed E-state index contributed by atoms with van der Waals surface area (Å²) in [7, 11) is 1.72. The Morgan fingerprint density at radius 1 is 1.15 bits per heavy atom. The maximum Gasteiger partial charge on any atom is 0.0554 e. The van der Waals surface area contributed by atoms with E-state index in [4.69, 9.17) is 22.1 Å². The van der Waals surface area contributed by atoms with Gasteiger partial charge in [0, 0.05) is 12.1 Å². The van der Waals surface area contributed by atoms with Gasteiger partial charge in [0.05, 0.1) is 12.6 Å². The van der Waals surface area contributed by atoms with E-state index in [2.05, 4.69) is 24.3 Å². The highest BCUT2D eigenvalue weighted by Crippen LogP contribution is 2.25. The monoisotopic (exact) mass is 289 g/mol. The Hall–Kier alpha value is -1.35. The molecule has 0 bridgehead atoms. The number of rotatable bonds is 5. The summed E-state index contributed by atoms with van der Waals surface area (Å²) in [5.41, 5.74) is 10.9. The summed E-state index contributed by atoms with van der Waals surface area (Å²) in [6.07, 6.45) is 0.923. The van der Waals surface area contributed by atoms with Crippen LogP contribution in [0, 0.1) is 6.92 Å². The molecule has 0 saturated carbocycles. The number of ether oxygens (including phenoxy) is 1. The van der Waals surface area contributed by atoms with E-state index >= 15 is 0 Å². The number of methoxy groups -OCH3 is 1. The van der Waals surface area contributed by atoms with Crippen LogP contribution in [0.3, 0.4) is 0 Å². The summed E-state index contributed by atoms with van der Waals surface area (Å²) in [5, 5.41) is 0.744. The standard InChI is InChI=1S/C17H20ClNO/c1-12-11-15(18)7-8-16(12)17(19)14-5-3-13(4-6-14)9-10-20-2/h3-8,11,17H,9-10,19H2,1-2H3. The Labute approximate surface area is 125 Å². The number of benzene rings is 2. The number of halogens is 1. The smallest absolute Gasteiger partial charge is 0.0554 e. The summed E-state index contributed by atoms with van der Waals surface area (Å²) in [4.78, 5) is 0. The third kappa shape index (κ3) is 3.60. The van der Waals surface area contributed by atoms with Crippen LogP contribution < -0.4 is 5.73 Å². The van der Waals surface area contributed by atoms with Gasteiger partial charge >= 0.3 is 0 Å². The van der Waals surface area contributed by atoms with Gasteiger partial charge in [-0.25, -0.2) is 0 Å². The van der Waals surface area contributed by atoms with Crippen molar-refractivity contribution in [2.75, 3.05) is 13.7 Å². The van der Waals surface area contributed by atoms with Crippen molar-refractivity contribution in [3.05, 3.63) is 69.7 Å². The summed E-state index contributed by atoms with van der Waals surface area (Å²) in [6.45, 7) is 2.77. The van der Waals surface area contributed by atoms with Gasteiger partial charge in [-0.05, 0) is 47.7 Å². The first-order chi connectivity index (χ1) is 9.61. The van der Waals surface area contributed by atoms with Crippen molar-refractivity contribution in [2.24, 2.45) is 5.73 Å². The van der Waals surface area contributed by atoms with E-state index in [1.54, 1.807) is 7.11 Å². The quantitative estimate of drug-likeness (QED) is 0.906. The van der Waals surface area contributed by atoms with Crippen molar-refractivity contribution < 1.29 is 4.74 Å². The minimum Gasteiger partial charge on any atom is -0.384 e. The van der Waals surface area contributed by atoms with Crippen molar-refractivity contribution in [1.82, 2.24) is 0 Å². The van der Waals surface area contributed by atoms with Crippen LogP contribution in [0.25, 0.3) is 0 Å². The molecule has 0 aliphatic heterocycles. The maximum atomic E-state index is 6.35. The van der Waals surface area contributed by atoms with E-state index in [9.17, 15) is 0 Å². The molecule has 0 radical (unpaired) electrons. The minimum absolute atomic E-state index is 0.122. The van der Waals surface area contributed by atoms with Crippen molar-refractivity contribution >= 4 is 11.6 Å². The molecule has 20 heavy (non-hydrogen) atoms. The predicted molar refractivity (Wildman–Crippen MR) is 84.2 cm³/mol. The first-order valence-electron chi connectivity index (χ1n) is 6.71. The van der Waals surface area contributed by atoms with Gasteiger partial charge in [-0.15, -0.1) is 0 Å².